The molecule has 1 fully saturated rings. The molecule has 1 aliphatic rings. The predicted molar refractivity (Wildman–Crippen MR) is 116 cm³/mol. The summed E-state index contributed by atoms with van der Waals surface area (Å²) < 4.78 is 18.9. The number of hydrogen-bond acceptors (Lipinski definition) is 4. The van der Waals surface area contributed by atoms with Crippen LogP contribution in [0.2, 0.25) is 0 Å². The van der Waals surface area contributed by atoms with Crippen molar-refractivity contribution in [3.8, 4) is 11.5 Å². The van der Waals surface area contributed by atoms with Gasteiger partial charge in [0.05, 0.1) is 0 Å². The van der Waals surface area contributed by atoms with Gasteiger partial charge in [-0.25, -0.2) is 9.18 Å². The summed E-state index contributed by atoms with van der Waals surface area (Å²) in [7, 11) is 0. The van der Waals surface area contributed by atoms with Gasteiger partial charge < -0.3 is 15.4 Å². The largest absolute Gasteiger partial charge is 0.457 e. The molecule has 32 heavy (non-hydrogen) atoms. The van der Waals surface area contributed by atoms with Crippen molar-refractivity contribution in [2.24, 2.45) is 0 Å². The van der Waals surface area contributed by atoms with E-state index in [0.717, 1.165) is 4.90 Å². The quantitative estimate of drug-likeness (QED) is 0.575. The van der Waals surface area contributed by atoms with Crippen LogP contribution in [0.4, 0.5) is 14.9 Å². The van der Waals surface area contributed by atoms with Crippen LogP contribution in [0.3, 0.4) is 0 Å². The second kappa shape index (κ2) is 8.50. The number of imide groups is 1. The van der Waals surface area contributed by atoms with E-state index in [4.69, 9.17) is 4.74 Å². The zero-order valence-corrected chi connectivity index (χ0v) is 17.2. The first-order valence-electron chi connectivity index (χ1n) is 9.88. The van der Waals surface area contributed by atoms with Gasteiger partial charge in [-0.15, -0.1) is 0 Å². The summed E-state index contributed by atoms with van der Waals surface area (Å²) in [6.45, 7) is 1.06. The minimum Gasteiger partial charge on any atom is -0.457 e. The van der Waals surface area contributed by atoms with E-state index in [1.807, 2.05) is 30.3 Å². The molecule has 3 aromatic rings. The molecule has 0 radical (unpaired) electrons. The number of nitrogens with one attached hydrogen (secondary N) is 2. The molecule has 0 aromatic heterocycles. The van der Waals surface area contributed by atoms with Gasteiger partial charge in [0.1, 0.15) is 29.4 Å². The highest BCUT2D eigenvalue weighted by molar-refractivity contribution is 6.10. The summed E-state index contributed by atoms with van der Waals surface area (Å²) in [6, 6.07) is 20.6. The van der Waals surface area contributed by atoms with Gasteiger partial charge in [0.2, 0.25) is 5.91 Å². The number of hydrogen-bond donors (Lipinski definition) is 2. The molecule has 8 heteroatoms. The Morgan fingerprint density at radius 1 is 0.969 bits per heavy atom. The van der Waals surface area contributed by atoms with Crippen molar-refractivity contribution in [2.75, 3.05) is 11.9 Å². The topological polar surface area (TPSA) is 87.7 Å². The molecule has 0 aliphatic carbocycles. The van der Waals surface area contributed by atoms with Crippen LogP contribution >= 0.6 is 0 Å². The standard InChI is InChI=1S/C24H20FN3O4/c1-24(16-7-9-17(25)10-8-16)22(30)28(23(31)27-24)15-21(29)26-18-11-13-20(14-12-18)32-19-5-3-2-4-6-19/h2-14H,15H2,1H3,(H,26,29)(H,27,31). The first-order chi connectivity index (χ1) is 15.3. The number of rotatable bonds is 6. The van der Waals surface area contributed by atoms with E-state index >= 15 is 0 Å². The Balaban J connectivity index is 1.39. The average molecular weight is 433 g/mol. The Morgan fingerprint density at radius 2 is 1.59 bits per heavy atom. The number of nitrogens with zero attached hydrogens (tertiary/aromatic N) is 1. The summed E-state index contributed by atoms with van der Waals surface area (Å²) in [5.74, 6) is -0.291. The Bertz CT molecular complexity index is 1150. The minimum absolute atomic E-state index is 0.425. The van der Waals surface area contributed by atoms with Crippen LogP contribution in [0.1, 0.15) is 12.5 Å². The monoisotopic (exact) mass is 433 g/mol. The number of amides is 4. The molecule has 1 unspecified atom stereocenters. The second-order valence-corrected chi connectivity index (χ2v) is 7.44. The molecule has 1 heterocycles. The number of carbonyl (C=O) groups excluding carboxylic acids is 3. The van der Waals surface area contributed by atoms with Gasteiger partial charge in [-0.2, -0.15) is 0 Å². The van der Waals surface area contributed by atoms with Crippen LogP contribution in [0.25, 0.3) is 0 Å². The predicted octanol–water partition coefficient (Wildman–Crippen LogP) is 4.02. The smallest absolute Gasteiger partial charge is 0.325 e. The summed E-state index contributed by atoms with van der Waals surface area (Å²) in [5.41, 5.74) is -0.459. The maximum atomic E-state index is 13.2. The van der Waals surface area contributed by atoms with Crippen LogP contribution in [0.5, 0.6) is 11.5 Å². The van der Waals surface area contributed by atoms with Crippen molar-refractivity contribution < 1.29 is 23.5 Å². The van der Waals surface area contributed by atoms with Crippen molar-refractivity contribution in [1.29, 1.82) is 0 Å². The first-order valence-corrected chi connectivity index (χ1v) is 9.88. The Kier molecular flexibility index (Phi) is 5.59. The highest BCUT2D eigenvalue weighted by Gasteiger charge is 2.49. The molecule has 4 rings (SSSR count). The lowest BCUT2D eigenvalue weighted by atomic mass is 9.92. The van der Waals surface area contributed by atoms with Gasteiger partial charge >= 0.3 is 6.03 Å². The zero-order valence-electron chi connectivity index (χ0n) is 17.2. The van der Waals surface area contributed by atoms with E-state index in [9.17, 15) is 18.8 Å². The number of para-hydroxylation sites is 1. The average Bonchev–Trinajstić information content (AvgIpc) is 3.00. The van der Waals surface area contributed by atoms with Gasteiger partial charge in [0.25, 0.3) is 5.91 Å². The number of ether oxygens (including phenoxy) is 1. The lowest BCUT2D eigenvalue weighted by molar-refractivity contribution is -0.133. The van der Waals surface area contributed by atoms with E-state index in [2.05, 4.69) is 10.6 Å². The van der Waals surface area contributed by atoms with Crippen LogP contribution in [0.15, 0.2) is 78.9 Å². The number of urea groups is 1. The molecule has 162 valence electrons. The SMILES string of the molecule is CC1(c2ccc(F)cc2)NC(=O)N(CC(=O)Nc2ccc(Oc3ccccc3)cc2)C1=O. The second-order valence-electron chi connectivity index (χ2n) is 7.44. The Hall–Kier alpha value is -4.20. The fourth-order valence-corrected chi connectivity index (χ4v) is 3.39. The highest BCUT2D eigenvalue weighted by Crippen LogP contribution is 2.29. The van der Waals surface area contributed by atoms with Gasteiger partial charge in [-0.3, -0.25) is 14.5 Å². The van der Waals surface area contributed by atoms with E-state index in [1.165, 1.54) is 31.2 Å². The molecule has 2 N–H and O–H groups in total. The molecular formula is C24H20FN3O4. The van der Waals surface area contributed by atoms with E-state index < -0.39 is 35.7 Å². The van der Waals surface area contributed by atoms with Crippen LogP contribution < -0.4 is 15.4 Å². The third-order valence-electron chi connectivity index (χ3n) is 5.12. The maximum absolute atomic E-state index is 13.2. The van der Waals surface area contributed by atoms with Crippen molar-refractivity contribution in [2.45, 2.75) is 12.5 Å². The van der Waals surface area contributed by atoms with Crippen molar-refractivity contribution >= 4 is 23.5 Å². The number of anilines is 1. The molecular weight excluding hydrogens is 413 g/mol. The van der Waals surface area contributed by atoms with Crippen LogP contribution in [-0.4, -0.2) is 29.3 Å². The normalized spacial score (nSPS) is 17.8. The van der Waals surface area contributed by atoms with Gasteiger partial charge in [-0.1, -0.05) is 30.3 Å². The van der Waals surface area contributed by atoms with Crippen LogP contribution in [-0.2, 0) is 15.1 Å². The maximum Gasteiger partial charge on any atom is 0.325 e. The zero-order chi connectivity index (χ0) is 22.7. The molecule has 0 spiro atoms. The molecule has 0 bridgehead atoms. The Morgan fingerprint density at radius 3 is 2.25 bits per heavy atom. The molecule has 1 atom stereocenters. The highest BCUT2D eigenvalue weighted by atomic mass is 19.1. The van der Waals surface area contributed by atoms with E-state index in [1.54, 1.807) is 24.3 Å². The molecule has 1 saturated heterocycles. The summed E-state index contributed by atoms with van der Waals surface area (Å²) in [6.07, 6.45) is 0. The van der Waals surface area contributed by atoms with Crippen LogP contribution in [0, 0.1) is 5.82 Å². The Labute approximate surface area is 183 Å². The summed E-state index contributed by atoms with van der Waals surface area (Å²) >= 11 is 0. The molecule has 7 nitrogen and oxygen atoms in total. The number of halogens is 1. The lowest BCUT2D eigenvalue weighted by Gasteiger charge is -2.22. The van der Waals surface area contributed by atoms with E-state index in [0.29, 0.717) is 22.7 Å². The fraction of sp³-hybridized carbons (Fsp3) is 0.125. The van der Waals surface area contributed by atoms with Gasteiger partial charge in [0, 0.05) is 5.69 Å². The minimum atomic E-state index is -1.37. The van der Waals surface area contributed by atoms with Gasteiger partial charge in [0.15, 0.2) is 0 Å². The third kappa shape index (κ3) is 4.29. The third-order valence-corrected chi connectivity index (χ3v) is 5.12. The van der Waals surface area contributed by atoms with E-state index in [-0.39, 0.29) is 0 Å². The number of carbonyl (C=O) groups is 3. The summed E-state index contributed by atoms with van der Waals surface area (Å²) in [4.78, 5) is 38.6. The fourth-order valence-electron chi connectivity index (χ4n) is 3.39. The van der Waals surface area contributed by atoms with Crippen molar-refractivity contribution in [3.63, 3.8) is 0 Å². The molecule has 0 saturated carbocycles. The van der Waals surface area contributed by atoms with Gasteiger partial charge in [-0.05, 0) is 61.0 Å². The van der Waals surface area contributed by atoms with Crippen molar-refractivity contribution in [3.05, 3.63) is 90.2 Å². The summed E-state index contributed by atoms with van der Waals surface area (Å²) in [5, 5.41) is 5.24. The molecule has 1 aliphatic heterocycles. The molecule has 4 amide bonds. The lowest BCUT2D eigenvalue weighted by Crippen LogP contribution is -2.42. The first kappa shape index (κ1) is 21.0. The molecule has 3 aromatic carbocycles. The number of benzene rings is 3. The van der Waals surface area contributed by atoms with Crippen molar-refractivity contribution in [1.82, 2.24) is 10.2 Å².